The molecule has 0 unspecified atom stereocenters. The fourth-order valence-electron chi connectivity index (χ4n) is 2.68. The molecule has 1 aliphatic rings. The van der Waals surface area contributed by atoms with Gasteiger partial charge in [-0.05, 0) is 44.2 Å². The first-order chi connectivity index (χ1) is 12.0. The number of hydrogen-bond acceptors (Lipinski definition) is 4. The van der Waals surface area contributed by atoms with Crippen LogP contribution in [0, 0.1) is 0 Å². The van der Waals surface area contributed by atoms with Gasteiger partial charge in [0.25, 0.3) is 5.91 Å². The van der Waals surface area contributed by atoms with Crippen molar-refractivity contribution in [2.45, 2.75) is 26.4 Å². The second-order valence-electron chi connectivity index (χ2n) is 5.81. The Balaban J connectivity index is 1.67. The molecule has 2 aromatic rings. The molecule has 0 aromatic heterocycles. The average Bonchev–Trinajstić information content (AvgIpc) is 2.94. The fraction of sp³-hybridized carbons (Fsp3) is 0.316. The highest BCUT2D eigenvalue weighted by Crippen LogP contribution is 2.38. The molecule has 0 spiro atoms. The van der Waals surface area contributed by atoms with Crippen LogP contribution in [-0.2, 0) is 11.2 Å². The van der Waals surface area contributed by atoms with E-state index < -0.39 is 0 Å². The van der Waals surface area contributed by atoms with Crippen molar-refractivity contribution in [1.82, 2.24) is 0 Å². The average molecular weight is 406 g/mol. The first-order valence-electron chi connectivity index (χ1n) is 8.19. The van der Waals surface area contributed by atoms with Crippen LogP contribution in [0.4, 0.5) is 5.69 Å². The fourth-order valence-corrected chi connectivity index (χ4v) is 2.94. The number of rotatable bonds is 6. The summed E-state index contributed by atoms with van der Waals surface area (Å²) in [6.07, 6.45) is 0.979. The highest BCUT2D eigenvalue weighted by atomic mass is 79.9. The van der Waals surface area contributed by atoms with Crippen molar-refractivity contribution in [2.75, 3.05) is 18.5 Å². The number of benzene rings is 2. The summed E-state index contributed by atoms with van der Waals surface area (Å²) in [6, 6.07) is 11.1. The van der Waals surface area contributed by atoms with E-state index in [4.69, 9.17) is 14.2 Å². The minimum absolute atomic E-state index is 0.0818. The Bertz CT molecular complexity index is 761. The Morgan fingerprint density at radius 1 is 1.28 bits per heavy atom. The van der Waals surface area contributed by atoms with Crippen LogP contribution in [-0.4, -0.2) is 25.2 Å². The lowest BCUT2D eigenvalue weighted by Gasteiger charge is -2.14. The van der Waals surface area contributed by atoms with Crippen molar-refractivity contribution in [2.24, 2.45) is 0 Å². The third-order valence-electron chi connectivity index (χ3n) is 3.76. The van der Waals surface area contributed by atoms with E-state index in [1.54, 1.807) is 12.1 Å². The summed E-state index contributed by atoms with van der Waals surface area (Å²) in [5.74, 6) is 1.82. The van der Waals surface area contributed by atoms with Gasteiger partial charge in [0.1, 0.15) is 23.4 Å². The van der Waals surface area contributed by atoms with Crippen LogP contribution in [0.5, 0.6) is 17.2 Å². The summed E-state index contributed by atoms with van der Waals surface area (Å²) in [5, 5.41) is 2.84. The Morgan fingerprint density at radius 2 is 2.04 bits per heavy atom. The van der Waals surface area contributed by atoms with Crippen molar-refractivity contribution in [3.05, 3.63) is 46.4 Å². The lowest BCUT2D eigenvalue weighted by Crippen LogP contribution is -2.20. The van der Waals surface area contributed by atoms with E-state index in [0.29, 0.717) is 23.8 Å². The van der Waals surface area contributed by atoms with E-state index >= 15 is 0 Å². The zero-order chi connectivity index (χ0) is 17.8. The quantitative estimate of drug-likeness (QED) is 0.782. The monoisotopic (exact) mass is 405 g/mol. The van der Waals surface area contributed by atoms with Gasteiger partial charge in [0.05, 0.1) is 12.3 Å². The number of halogens is 1. The van der Waals surface area contributed by atoms with Crippen molar-refractivity contribution >= 4 is 27.5 Å². The predicted molar refractivity (Wildman–Crippen MR) is 99.7 cm³/mol. The molecule has 1 aliphatic heterocycles. The Labute approximate surface area is 155 Å². The highest BCUT2D eigenvalue weighted by Gasteiger charge is 2.22. The zero-order valence-electron chi connectivity index (χ0n) is 14.2. The number of fused-ring (bicyclic) bond motifs is 1. The molecule has 6 heteroatoms. The number of carbonyl (C=O) groups is 1. The summed E-state index contributed by atoms with van der Waals surface area (Å²) >= 11 is 3.36. The molecule has 0 fully saturated rings. The maximum atomic E-state index is 12.2. The van der Waals surface area contributed by atoms with E-state index in [0.717, 1.165) is 22.2 Å². The van der Waals surface area contributed by atoms with Crippen LogP contribution in [0.1, 0.15) is 19.4 Å². The van der Waals surface area contributed by atoms with Gasteiger partial charge in [0.15, 0.2) is 6.61 Å². The molecule has 0 saturated heterocycles. The van der Waals surface area contributed by atoms with Crippen molar-refractivity contribution < 1.29 is 19.0 Å². The zero-order valence-corrected chi connectivity index (χ0v) is 15.8. The third kappa shape index (κ3) is 4.45. The summed E-state index contributed by atoms with van der Waals surface area (Å²) < 4.78 is 17.9. The molecule has 1 amide bonds. The second kappa shape index (κ2) is 7.78. The van der Waals surface area contributed by atoms with Crippen molar-refractivity contribution in [3.63, 3.8) is 0 Å². The van der Waals surface area contributed by atoms with Crippen LogP contribution in [0.3, 0.4) is 0 Å². The predicted octanol–water partition coefficient (Wildman–Crippen LogP) is 4.19. The van der Waals surface area contributed by atoms with Gasteiger partial charge in [0.2, 0.25) is 0 Å². The number of hydrogen-bond donors (Lipinski definition) is 1. The van der Waals surface area contributed by atoms with Gasteiger partial charge < -0.3 is 19.5 Å². The Kier molecular flexibility index (Phi) is 5.48. The number of nitrogens with one attached hydrogen (secondary N) is 1. The molecule has 3 rings (SSSR count). The first-order valence-corrected chi connectivity index (χ1v) is 8.99. The van der Waals surface area contributed by atoms with E-state index in [9.17, 15) is 4.79 Å². The van der Waals surface area contributed by atoms with Crippen molar-refractivity contribution in [3.8, 4) is 17.2 Å². The number of ether oxygens (including phenoxy) is 3. The summed E-state index contributed by atoms with van der Waals surface area (Å²) in [5.41, 5.74) is 1.69. The van der Waals surface area contributed by atoms with Gasteiger partial charge in [-0.2, -0.15) is 0 Å². The molecule has 0 bridgehead atoms. The van der Waals surface area contributed by atoms with Crippen LogP contribution in [0.15, 0.2) is 40.9 Å². The van der Waals surface area contributed by atoms with Gasteiger partial charge in [-0.1, -0.05) is 15.9 Å². The maximum absolute atomic E-state index is 12.2. The highest BCUT2D eigenvalue weighted by molar-refractivity contribution is 9.10. The molecule has 25 heavy (non-hydrogen) atoms. The second-order valence-corrected chi connectivity index (χ2v) is 6.73. The molecule has 1 heterocycles. The molecule has 132 valence electrons. The minimum Gasteiger partial charge on any atom is -0.492 e. The topological polar surface area (TPSA) is 56.8 Å². The van der Waals surface area contributed by atoms with Crippen LogP contribution >= 0.6 is 15.9 Å². The lowest BCUT2D eigenvalue weighted by atomic mass is 10.1. The molecular weight excluding hydrogens is 386 g/mol. The largest absolute Gasteiger partial charge is 0.492 e. The van der Waals surface area contributed by atoms with Gasteiger partial charge in [-0.3, -0.25) is 4.79 Å². The van der Waals surface area contributed by atoms with E-state index in [1.807, 2.05) is 38.1 Å². The van der Waals surface area contributed by atoms with Crippen LogP contribution in [0.25, 0.3) is 0 Å². The molecule has 1 N–H and O–H groups in total. The van der Waals surface area contributed by atoms with Gasteiger partial charge in [-0.15, -0.1) is 0 Å². The third-order valence-corrected chi connectivity index (χ3v) is 4.28. The molecule has 5 nitrogen and oxygen atoms in total. The maximum Gasteiger partial charge on any atom is 0.262 e. The van der Waals surface area contributed by atoms with E-state index in [-0.39, 0.29) is 18.6 Å². The smallest absolute Gasteiger partial charge is 0.262 e. The number of amides is 1. The number of anilines is 1. The molecule has 0 saturated carbocycles. The standard InChI is InChI=1S/C19H20BrNO4/c1-3-23-18-9-13-8-12(2)25-17(13)10-16(18)21-19(22)11-24-15-6-4-14(20)5-7-15/h4-7,9-10,12H,3,8,11H2,1-2H3,(H,21,22)/t12-/m1/s1. The van der Waals surface area contributed by atoms with E-state index in [1.165, 1.54) is 0 Å². The Morgan fingerprint density at radius 3 is 2.76 bits per heavy atom. The summed E-state index contributed by atoms with van der Waals surface area (Å²) in [4.78, 5) is 12.2. The summed E-state index contributed by atoms with van der Waals surface area (Å²) in [7, 11) is 0. The van der Waals surface area contributed by atoms with Gasteiger partial charge >= 0.3 is 0 Å². The molecule has 0 radical (unpaired) electrons. The Hall–Kier alpha value is -2.21. The first kappa shape index (κ1) is 17.6. The van der Waals surface area contributed by atoms with Crippen LogP contribution < -0.4 is 19.5 Å². The van der Waals surface area contributed by atoms with Gasteiger partial charge in [0, 0.05) is 22.5 Å². The molecular formula is C19H20BrNO4. The molecule has 0 aliphatic carbocycles. The summed E-state index contributed by atoms with van der Waals surface area (Å²) in [6.45, 7) is 4.37. The SMILES string of the molecule is CCOc1cc2c(cc1NC(=O)COc1ccc(Br)cc1)O[C@H](C)C2. The lowest BCUT2D eigenvalue weighted by molar-refractivity contribution is -0.118. The van der Waals surface area contributed by atoms with Gasteiger partial charge in [-0.25, -0.2) is 0 Å². The minimum atomic E-state index is -0.255. The molecule has 2 aromatic carbocycles. The number of carbonyl (C=O) groups excluding carboxylic acids is 1. The normalized spacial score (nSPS) is 15.2. The van der Waals surface area contributed by atoms with Crippen molar-refractivity contribution in [1.29, 1.82) is 0 Å². The van der Waals surface area contributed by atoms with Crippen LogP contribution in [0.2, 0.25) is 0 Å². The molecule has 1 atom stereocenters. The van der Waals surface area contributed by atoms with E-state index in [2.05, 4.69) is 21.2 Å².